The van der Waals surface area contributed by atoms with Gasteiger partial charge in [-0.25, -0.2) is 0 Å². The van der Waals surface area contributed by atoms with Crippen LogP contribution in [0.15, 0.2) is 29.4 Å². The molecule has 2 rings (SSSR count). The van der Waals surface area contributed by atoms with Crippen molar-refractivity contribution >= 4 is 22.6 Å². The third-order valence-electron chi connectivity index (χ3n) is 2.88. The van der Waals surface area contributed by atoms with Crippen LogP contribution in [-0.4, -0.2) is 27.0 Å². The predicted molar refractivity (Wildman–Crippen MR) is 68.2 cm³/mol. The molecule has 0 unspecified atom stereocenters. The van der Waals surface area contributed by atoms with Crippen molar-refractivity contribution in [2.24, 2.45) is 5.16 Å². The first kappa shape index (κ1) is 12.2. The van der Waals surface area contributed by atoms with E-state index in [1.165, 1.54) is 0 Å². The van der Waals surface area contributed by atoms with Crippen LogP contribution in [0.25, 0.3) is 10.9 Å². The highest BCUT2D eigenvalue weighted by atomic mass is 16.4. The lowest BCUT2D eigenvalue weighted by Gasteiger charge is -2.03. The van der Waals surface area contributed by atoms with Gasteiger partial charge in [0.1, 0.15) is 0 Å². The molecule has 3 N–H and O–H groups in total. The maximum Gasteiger partial charge on any atom is 0.303 e. The van der Waals surface area contributed by atoms with Gasteiger partial charge < -0.3 is 15.3 Å². The van der Waals surface area contributed by atoms with E-state index in [0.717, 1.165) is 22.2 Å². The highest BCUT2D eigenvalue weighted by Gasteiger charge is 2.15. The number of H-pyrrole nitrogens is 1. The number of hydrogen-bond acceptors (Lipinski definition) is 3. The maximum absolute atomic E-state index is 10.6. The number of benzene rings is 1. The third kappa shape index (κ3) is 2.20. The van der Waals surface area contributed by atoms with Crippen LogP contribution in [0.5, 0.6) is 0 Å². The Hall–Kier alpha value is -2.30. The van der Waals surface area contributed by atoms with Gasteiger partial charge in [0.25, 0.3) is 0 Å². The molecular weight excluding hydrogens is 232 g/mol. The first-order valence-electron chi connectivity index (χ1n) is 5.64. The Morgan fingerprint density at radius 1 is 1.33 bits per heavy atom. The minimum atomic E-state index is -0.909. The molecule has 0 saturated carbocycles. The SMILES string of the molecule is Cc1[nH]c2ccccc2c1/C(CCC(=O)O)=N/O. The number of carbonyl (C=O) groups is 1. The number of carboxylic acid groups (broad SMARTS) is 1. The Morgan fingerprint density at radius 2 is 2.06 bits per heavy atom. The molecule has 0 spiro atoms. The number of nitrogens with zero attached hydrogens (tertiary/aromatic N) is 1. The van der Waals surface area contributed by atoms with Crippen LogP contribution in [0, 0.1) is 6.92 Å². The number of oxime groups is 1. The molecule has 0 fully saturated rings. The zero-order chi connectivity index (χ0) is 13.1. The van der Waals surface area contributed by atoms with E-state index < -0.39 is 5.97 Å². The number of fused-ring (bicyclic) bond motifs is 1. The quantitative estimate of drug-likeness (QED) is 0.440. The largest absolute Gasteiger partial charge is 0.481 e. The molecule has 0 amide bonds. The van der Waals surface area contributed by atoms with E-state index in [2.05, 4.69) is 10.1 Å². The first-order valence-corrected chi connectivity index (χ1v) is 5.64. The molecule has 2 aromatic rings. The van der Waals surface area contributed by atoms with Crippen molar-refractivity contribution in [1.29, 1.82) is 0 Å². The van der Waals surface area contributed by atoms with Gasteiger partial charge in [-0.15, -0.1) is 0 Å². The summed E-state index contributed by atoms with van der Waals surface area (Å²) in [6.07, 6.45) is 0.146. The standard InChI is InChI=1S/C13H14N2O3/c1-8-13(11(15-18)6-7-12(16)17)9-4-2-3-5-10(9)14-8/h2-5,14,18H,6-7H2,1H3,(H,16,17)/b15-11+. The van der Waals surface area contributed by atoms with E-state index in [0.29, 0.717) is 5.71 Å². The molecule has 5 nitrogen and oxygen atoms in total. The third-order valence-corrected chi connectivity index (χ3v) is 2.88. The molecule has 0 bridgehead atoms. The van der Waals surface area contributed by atoms with Crippen molar-refractivity contribution in [3.63, 3.8) is 0 Å². The van der Waals surface area contributed by atoms with E-state index in [-0.39, 0.29) is 12.8 Å². The van der Waals surface area contributed by atoms with E-state index in [1.54, 1.807) is 0 Å². The van der Waals surface area contributed by atoms with Crippen LogP contribution in [-0.2, 0) is 4.79 Å². The molecule has 0 aliphatic rings. The second-order valence-corrected chi connectivity index (χ2v) is 4.11. The fourth-order valence-electron chi connectivity index (χ4n) is 2.10. The second kappa shape index (κ2) is 4.91. The van der Waals surface area contributed by atoms with E-state index in [1.807, 2.05) is 31.2 Å². The fraction of sp³-hybridized carbons (Fsp3) is 0.231. The molecule has 1 aromatic carbocycles. The minimum absolute atomic E-state index is 0.0572. The Balaban J connectivity index is 2.45. The summed E-state index contributed by atoms with van der Waals surface area (Å²) in [5, 5.41) is 22.0. The van der Waals surface area contributed by atoms with Gasteiger partial charge in [0.05, 0.1) is 12.1 Å². The summed E-state index contributed by atoms with van der Waals surface area (Å²) < 4.78 is 0. The number of aromatic nitrogens is 1. The van der Waals surface area contributed by atoms with Crippen molar-refractivity contribution in [3.05, 3.63) is 35.5 Å². The smallest absolute Gasteiger partial charge is 0.303 e. The molecular formula is C13H14N2O3. The number of aryl methyl sites for hydroxylation is 1. The van der Waals surface area contributed by atoms with Crippen molar-refractivity contribution in [3.8, 4) is 0 Å². The molecule has 94 valence electrons. The average Bonchev–Trinajstić information content (AvgIpc) is 2.67. The van der Waals surface area contributed by atoms with Gasteiger partial charge in [0.2, 0.25) is 0 Å². The highest BCUT2D eigenvalue weighted by Crippen LogP contribution is 2.24. The summed E-state index contributed by atoms with van der Waals surface area (Å²) >= 11 is 0. The summed E-state index contributed by atoms with van der Waals surface area (Å²) in [6.45, 7) is 1.88. The summed E-state index contributed by atoms with van der Waals surface area (Å²) in [5.41, 5.74) is 3.00. The number of aromatic amines is 1. The van der Waals surface area contributed by atoms with Crippen molar-refractivity contribution < 1.29 is 15.1 Å². The van der Waals surface area contributed by atoms with E-state index >= 15 is 0 Å². The molecule has 5 heteroatoms. The molecule has 0 atom stereocenters. The van der Waals surface area contributed by atoms with Crippen molar-refractivity contribution in [2.75, 3.05) is 0 Å². The Bertz CT molecular complexity index is 614. The van der Waals surface area contributed by atoms with Crippen molar-refractivity contribution in [1.82, 2.24) is 4.98 Å². The van der Waals surface area contributed by atoms with Gasteiger partial charge in [-0.1, -0.05) is 23.4 Å². The van der Waals surface area contributed by atoms with Crippen LogP contribution >= 0.6 is 0 Å². The summed E-state index contributed by atoms with van der Waals surface area (Å²) in [5.74, 6) is -0.909. The first-order chi connectivity index (χ1) is 8.63. The Kier molecular flexibility index (Phi) is 3.32. The number of para-hydroxylation sites is 1. The van der Waals surface area contributed by atoms with Crippen LogP contribution in [0.4, 0.5) is 0 Å². The molecule has 0 aliphatic carbocycles. The molecule has 0 aliphatic heterocycles. The topological polar surface area (TPSA) is 85.7 Å². The zero-order valence-electron chi connectivity index (χ0n) is 9.97. The van der Waals surface area contributed by atoms with Gasteiger partial charge in [-0.3, -0.25) is 4.79 Å². The lowest BCUT2D eigenvalue weighted by atomic mass is 10.0. The number of nitrogens with one attached hydrogen (secondary N) is 1. The van der Waals surface area contributed by atoms with Gasteiger partial charge >= 0.3 is 5.97 Å². The second-order valence-electron chi connectivity index (χ2n) is 4.11. The molecule has 0 radical (unpaired) electrons. The van der Waals surface area contributed by atoms with Gasteiger partial charge in [0.15, 0.2) is 0 Å². The number of rotatable bonds is 4. The minimum Gasteiger partial charge on any atom is -0.481 e. The Labute approximate surface area is 104 Å². The molecule has 1 aromatic heterocycles. The van der Waals surface area contributed by atoms with E-state index in [9.17, 15) is 4.79 Å². The lowest BCUT2D eigenvalue weighted by Crippen LogP contribution is -2.06. The average molecular weight is 246 g/mol. The number of carboxylic acids is 1. The highest BCUT2D eigenvalue weighted by molar-refractivity contribution is 6.12. The van der Waals surface area contributed by atoms with Crippen LogP contribution in [0.3, 0.4) is 0 Å². The Morgan fingerprint density at radius 3 is 2.72 bits per heavy atom. The van der Waals surface area contributed by atoms with Crippen molar-refractivity contribution in [2.45, 2.75) is 19.8 Å². The number of aliphatic carboxylic acids is 1. The predicted octanol–water partition coefficient (Wildman–Crippen LogP) is 2.52. The summed E-state index contributed by atoms with van der Waals surface area (Å²) in [7, 11) is 0. The summed E-state index contributed by atoms with van der Waals surface area (Å²) in [6, 6.07) is 7.65. The van der Waals surface area contributed by atoms with Gasteiger partial charge in [-0.05, 0) is 13.0 Å². The fourth-order valence-corrected chi connectivity index (χ4v) is 2.10. The lowest BCUT2D eigenvalue weighted by molar-refractivity contribution is -0.136. The molecule has 18 heavy (non-hydrogen) atoms. The maximum atomic E-state index is 10.6. The van der Waals surface area contributed by atoms with Gasteiger partial charge in [0, 0.05) is 28.6 Å². The summed E-state index contributed by atoms with van der Waals surface area (Å²) in [4.78, 5) is 13.8. The van der Waals surface area contributed by atoms with Crippen LogP contribution in [0.1, 0.15) is 24.1 Å². The molecule has 1 heterocycles. The monoisotopic (exact) mass is 246 g/mol. The van der Waals surface area contributed by atoms with Gasteiger partial charge in [-0.2, -0.15) is 0 Å². The normalized spacial score (nSPS) is 11.9. The van der Waals surface area contributed by atoms with E-state index in [4.69, 9.17) is 10.3 Å². The van der Waals surface area contributed by atoms with Crippen LogP contribution in [0.2, 0.25) is 0 Å². The molecule has 0 saturated heterocycles. The number of hydrogen-bond donors (Lipinski definition) is 3. The zero-order valence-corrected chi connectivity index (χ0v) is 9.97. The van der Waals surface area contributed by atoms with Crippen LogP contribution < -0.4 is 0 Å².